The van der Waals surface area contributed by atoms with Crippen molar-refractivity contribution in [3.05, 3.63) is 5.82 Å². The van der Waals surface area contributed by atoms with Gasteiger partial charge in [-0.1, -0.05) is 5.21 Å². The van der Waals surface area contributed by atoms with Crippen LogP contribution in [0.1, 0.15) is 31.5 Å². The number of hydrogen-bond donors (Lipinski definition) is 2. The Morgan fingerprint density at radius 2 is 2.47 bits per heavy atom. The van der Waals surface area contributed by atoms with Crippen molar-refractivity contribution in [1.29, 1.82) is 0 Å². The largest absolute Gasteiger partial charge is 0.381 e. The standard InChI is InChI=1S/C9H17N5O/c1-15-8-4-2-3-7(5-8)10-6-9-11-13-14-12-9/h7-8,10H,2-6H2,1H3,(H,11,12,13,14). The summed E-state index contributed by atoms with van der Waals surface area (Å²) in [5, 5.41) is 17.2. The van der Waals surface area contributed by atoms with E-state index in [1.165, 1.54) is 19.3 Å². The smallest absolute Gasteiger partial charge is 0.188 e. The molecule has 0 spiro atoms. The van der Waals surface area contributed by atoms with E-state index in [0.29, 0.717) is 18.7 Å². The number of methoxy groups -OCH3 is 1. The highest BCUT2D eigenvalue weighted by atomic mass is 16.5. The fraction of sp³-hybridized carbons (Fsp3) is 0.889. The van der Waals surface area contributed by atoms with E-state index >= 15 is 0 Å². The molecule has 0 saturated heterocycles. The van der Waals surface area contributed by atoms with E-state index < -0.39 is 0 Å². The van der Waals surface area contributed by atoms with Gasteiger partial charge < -0.3 is 10.1 Å². The zero-order valence-corrected chi connectivity index (χ0v) is 8.94. The van der Waals surface area contributed by atoms with Gasteiger partial charge in [-0.15, -0.1) is 10.2 Å². The van der Waals surface area contributed by atoms with Gasteiger partial charge in [-0.2, -0.15) is 5.21 Å². The summed E-state index contributed by atoms with van der Waals surface area (Å²) >= 11 is 0. The highest BCUT2D eigenvalue weighted by Crippen LogP contribution is 2.20. The van der Waals surface area contributed by atoms with E-state index in [1.54, 1.807) is 7.11 Å². The number of aromatic nitrogens is 4. The molecule has 0 radical (unpaired) electrons. The van der Waals surface area contributed by atoms with Gasteiger partial charge >= 0.3 is 0 Å². The van der Waals surface area contributed by atoms with Crippen molar-refractivity contribution < 1.29 is 4.74 Å². The summed E-state index contributed by atoms with van der Waals surface area (Å²) in [5.74, 6) is 0.717. The number of nitrogens with zero attached hydrogens (tertiary/aromatic N) is 3. The first kappa shape index (κ1) is 10.5. The molecule has 0 aliphatic heterocycles. The summed E-state index contributed by atoms with van der Waals surface area (Å²) in [5.41, 5.74) is 0. The molecular weight excluding hydrogens is 194 g/mol. The van der Waals surface area contributed by atoms with Gasteiger partial charge in [0.25, 0.3) is 0 Å². The number of rotatable bonds is 4. The van der Waals surface area contributed by atoms with Gasteiger partial charge in [0.15, 0.2) is 5.82 Å². The monoisotopic (exact) mass is 211 g/mol. The SMILES string of the molecule is COC1CCCC(NCc2nn[nH]n2)C1. The number of tetrazole rings is 1. The Morgan fingerprint density at radius 1 is 1.53 bits per heavy atom. The van der Waals surface area contributed by atoms with Gasteiger partial charge in [-0.05, 0) is 25.7 Å². The predicted octanol–water partition coefficient (Wildman–Crippen LogP) is 0.247. The Kier molecular flexibility index (Phi) is 3.63. The predicted molar refractivity (Wildman–Crippen MR) is 54.1 cm³/mol. The van der Waals surface area contributed by atoms with Crippen molar-refractivity contribution in [1.82, 2.24) is 25.9 Å². The molecule has 2 atom stereocenters. The maximum absolute atomic E-state index is 5.37. The fourth-order valence-corrected chi connectivity index (χ4v) is 2.04. The third-order valence-corrected chi connectivity index (χ3v) is 2.90. The van der Waals surface area contributed by atoms with Crippen molar-refractivity contribution >= 4 is 0 Å². The van der Waals surface area contributed by atoms with Gasteiger partial charge in [0.05, 0.1) is 12.6 Å². The van der Waals surface area contributed by atoms with Crippen molar-refractivity contribution in [2.75, 3.05) is 7.11 Å². The van der Waals surface area contributed by atoms with E-state index in [-0.39, 0.29) is 0 Å². The fourth-order valence-electron chi connectivity index (χ4n) is 2.04. The van der Waals surface area contributed by atoms with Crippen molar-refractivity contribution in [3.8, 4) is 0 Å². The minimum atomic E-state index is 0.404. The van der Waals surface area contributed by atoms with Crippen molar-refractivity contribution in [3.63, 3.8) is 0 Å². The molecule has 84 valence electrons. The zero-order valence-electron chi connectivity index (χ0n) is 8.94. The Labute approximate surface area is 88.8 Å². The molecule has 2 N–H and O–H groups in total. The summed E-state index contributed by atoms with van der Waals surface area (Å²) in [6.07, 6.45) is 5.09. The molecule has 6 heteroatoms. The first-order chi connectivity index (χ1) is 7.38. The van der Waals surface area contributed by atoms with Crippen LogP contribution in [0, 0.1) is 0 Å². The molecule has 0 aromatic carbocycles. The highest BCUT2D eigenvalue weighted by Gasteiger charge is 2.21. The van der Waals surface area contributed by atoms with Crippen LogP contribution in [0.15, 0.2) is 0 Å². The lowest BCUT2D eigenvalue weighted by Crippen LogP contribution is -2.36. The molecule has 0 amide bonds. The van der Waals surface area contributed by atoms with Crippen molar-refractivity contribution in [2.24, 2.45) is 0 Å². The molecule has 2 unspecified atom stereocenters. The topological polar surface area (TPSA) is 75.7 Å². The van der Waals surface area contributed by atoms with E-state index in [1.807, 2.05) is 0 Å². The van der Waals surface area contributed by atoms with E-state index in [0.717, 1.165) is 12.2 Å². The van der Waals surface area contributed by atoms with E-state index in [9.17, 15) is 0 Å². The molecule has 1 fully saturated rings. The minimum absolute atomic E-state index is 0.404. The number of H-pyrrole nitrogens is 1. The summed E-state index contributed by atoms with van der Waals surface area (Å²) in [7, 11) is 1.78. The maximum Gasteiger partial charge on any atom is 0.188 e. The molecule has 1 aromatic heterocycles. The van der Waals surface area contributed by atoms with Crippen LogP contribution in [0.5, 0.6) is 0 Å². The second-order valence-electron chi connectivity index (χ2n) is 3.93. The molecule has 2 rings (SSSR count). The Bertz CT molecular complexity index is 276. The third-order valence-electron chi connectivity index (χ3n) is 2.90. The Morgan fingerprint density at radius 3 is 3.20 bits per heavy atom. The van der Waals surface area contributed by atoms with Crippen LogP contribution in [0.25, 0.3) is 0 Å². The maximum atomic E-state index is 5.37. The first-order valence-corrected chi connectivity index (χ1v) is 5.37. The second-order valence-corrected chi connectivity index (χ2v) is 3.93. The average Bonchev–Trinajstić information content (AvgIpc) is 2.79. The summed E-state index contributed by atoms with van der Waals surface area (Å²) in [6, 6.07) is 0.516. The van der Waals surface area contributed by atoms with Crippen LogP contribution in [-0.4, -0.2) is 39.9 Å². The molecular formula is C9H17N5O. The normalized spacial score (nSPS) is 26.7. The van der Waals surface area contributed by atoms with Crippen LogP contribution < -0.4 is 5.32 Å². The van der Waals surface area contributed by atoms with Crippen LogP contribution in [-0.2, 0) is 11.3 Å². The van der Waals surface area contributed by atoms with E-state index in [2.05, 4.69) is 25.9 Å². The third kappa shape index (κ3) is 2.97. The zero-order chi connectivity index (χ0) is 10.5. The molecule has 0 bridgehead atoms. The number of aromatic amines is 1. The number of nitrogens with one attached hydrogen (secondary N) is 2. The van der Waals surface area contributed by atoms with Crippen LogP contribution in [0.4, 0.5) is 0 Å². The molecule has 1 heterocycles. The van der Waals surface area contributed by atoms with Gasteiger partial charge in [0, 0.05) is 13.2 Å². The molecule has 1 aromatic rings. The summed E-state index contributed by atoms with van der Waals surface area (Å²) in [4.78, 5) is 0. The molecule has 1 saturated carbocycles. The Balaban J connectivity index is 1.74. The first-order valence-electron chi connectivity index (χ1n) is 5.37. The highest BCUT2D eigenvalue weighted by molar-refractivity contribution is 4.82. The van der Waals surface area contributed by atoms with Gasteiger partial charge in [0.2, 0.25) is 0 Å². The second kappa shape index (κ2) is 5.18. The van der Waals surface area contributed by atoms with Crippen LogP contribution in [0.2, 0.25) is 0 Å². The Hall–Kier alpha value is -1.01. The van der Waals surface area contributed by atoms with Gasteiger partial charge in [-0.3, -0.25) is 0 Å². The van der Waals surface area contributed by atoms with E-state index in [4.69, 9.17) is 4.74 Å². The molecule has 1 aliphatic rings. The van der Waals surface area contributed by atoms with Gasteiger partial charge in [-0.25, -0.2) is 0 Å². The number of ether oxygens (including phenoxy) is 1. The lowest BCUT2D eigenvalue weighted by atomic mass is 9.93. The average molecular weight is 211 g/mol. The summed E-state index contributed by atoms with van der Waals surface area (Å²) < 4.78 is 5.37. The quantitative estimate of drug-likeness (QED) is 0.746. The minimum Gasteiger partial charge on any atom is -0.381 e. The molecule has 15 heavy (non-hydrogen) atoms. The molecule has 1 aliphatic carbocycles. The summed E-state index contributed by atoms with van der Waals surface area (Å²) in [6.45, 7) is 0.678. The lowest BCUT2D eigenvalue weighted by molar-refractivity contribution is 0.0585. The van der Waals surface area contributed by atoms with Crippen molar-refractivity contribution in [2.45, 2.75) is 44.4 Å². The van der Waals surface area contributed by atoms with Gasteiger partial charge in [0.1, 0.15) is 0 Å². The molecule has 6 nitrogen and oxygen atoms in total. The number of hydrogen-bond acceptors (Lipinski definition) is 5. The van der Waals surface area contributed by atoms with Crippen LogP contribution in [0.3, 0.4) is 0 Å². The lowest BCUT2D eigenvalue weighted by Gasteiger charge is -2.28. The van der Waals surface area contributed by atoms with Crippen LogP contribution >= 0.6 is 0 Å².